The summed E-state index contributed by atoms with van der Waals surface area (Å²) in [6.07, 6.45) is 8.69. The lowest BCUT2D eigenvalue weighted by atomic mass is 9.93. The van der Waals surface area contributed by atoms with Crippen LogP contribution in [0.4, 0.5) is 0 Å². The van der Waals surface area contributed by atoms with Gasteiger partial charge in [0.1, 0.15) is 5.82 Å². The molecule has 0 radical (unpaired) electrons. The molecule has 2 aromatic carbocycles. The van der Waals surface area contributed by atoms with E-state index in [9.17, 15) is 4.79 Å². The van der Waals surface area contributed by atoms with E-state index in [1.54, 1.807) is 0 Å². The van der Waals surface area contributed by atoms with Gasteiger partial charge in [0.2, 0.25) is 0 Å². The van der Waals surface area contributed by atoms with Gasteiger partial charge in [-0.1, -0.05) is 49.6 Å². The molecule has 4 rings (SSSR count). The summed E-state index contributed by atoms with van der Waals surface area (Å²) >= 11 is 0. The highest BCUT2D eigenvalue weighted by Gasteiger charge is 2.23. The molecule has 0 saturated heterocycles. The van der Waals surface area contributed by atoms with Gasteiger partial charge in [-0.2, -0.15) is 0 Å². The molecule has 4 nitrogen and oxygen atoms in total. The number of carbonyl (C=O) groups excluding carboxylic acids is 1. The molecule has 0 bridgehead atoms. The first-order valence-electron chi connectivity index (χ1n) is 10.6. The number of rotatable bonds is 6. The minimum absolute atomic E-state index is 0.0973. The van der Waals surface area contributed by atoms with E-state index in [-0.39, 0.29) is 11.8 Å². The number of nitrogens with zero attached hydrogens (tertiary/aromatic N) is 2. The molecule has 0 aliphatic heterocycles. The van der Waals surface area contributed by atoms with Gasteiger partial charge >= 0.3 is 0 Å². The summed E-state index contributed by atoms with van der Waals surface area (Å²) in [5.41, 5.74) is 3.90. The van der Waals surface area contributed by atoms with Crippen molar-refractivity contribution in [2.24, 2.45) is 0 Å². The van der Waals surface area contributed by atoms with Crippen LogP contribution in [0.25, 0.3) is 11.0 Å². The zero-order valence-corrected chi connectivity index (χ0v) is 17.1. The van der Waals surface area contributed by atoms with Crippen molar-refractivity contribution in [3.63, 3.8) is 0 Å². The second kappa shape index (κ2) is 8.64. The van der Waals surface area contributed by atoms with Crippen LogP contribution in [0, 0.1) is 0 Å². The highest BCUT2D eigenvalue weighted by Crippen LogP contribution is 2.29. The largest absolute Gasteiger partial charge is 0.341 e. The van der Waals surface area contributed by atoms with Gasteiger partial charge in [0, 0.05) is 24.6 Å². The van der Waals surface area contributed by atoms with Crippen molar-refractivity contribution in [3.8, 4) is 0 Å². The first-order chi connectivity index (χ1) is 14.2. The minimum atomic E-state index is 0.0973. The number of allylic oxidation sites excluding steroid dienone is 1. The summed E-state index contributed by atoms with van der Waals surface area (Å²) in [7, 11) is 1.95. The Labute approximate surface area is 172 Å². The fraction of sp³-hybridized carbons (Fsp3) is 0.360. The van der Waals surface area contributed by atoms with Crippen LogP contribution in [-0.4, -0.2) is 33.9 Å². The lowest BCUT2D eigenvalue weighted by Crippen LogP contribution is -2.38. The number of para-hydroxylation sites is 2. The maximum absolute atomic E-state index is 12.9. The molecule has 1 amide bonds. The van der Waals surface area contributed by atoms with Gasteiger partial charge in [-0.3, -0.25) is 4.79 Å². The predicted molar refractivity (Wildman–Crippen MR) is 118 cm³/mol. The number of H-pyrrole nitrogens is 1. The minimum Gasteiger partial charge on any atom is -0.341 e. The van der Waals surface area contributed by atoms with Gasteiger partial charge in [0.05, 0.1) is 11.0 Å². The fourth-order valence-corrected chi connectivity index (χ4v) is 4.41. The van der Waals surface area contributed by atoms with Crippen LogP contribution in [0.15, 0.2) is 61.2 Å². The number of carbonyl (C=O) groups is 1. The van der Waals surface area contributed by atoms with E-state index in [1.807, 2.05) is 54.4 Å². The Morgan fingerprint density at radius 2 is 1.90 bits per heavy atom. The van der Waals surface area contributed by atoms with Gasteiger partial charge in [-0.25, -0.2) is 4.98 Å². The molecule has 1 fully saturated rings. The van der Waals surface area contributed by atoms with E-state index in [4.69, 9.17) is 4.98 Å². The Bertz CT molecular complexity index is 950. The number of benzene rings is 2. The van der Waals surface area contributed by atoms with Crippen LogP contribution in [0.5, 0.6) is 0 Å². The topological polar surface area (TPSA) is 49.0 Å². The fourth-order valence-electron chi connectivity index (χ4n) is 4.41. The number of fused-ring (bicyclic) bond motifs is 1. The molecule has 1 N–H and O–H groups in total. The molecular weight excluding hydrogens is 358 g/mol. The number of hydrogen-bond acceptors (Lipinski definition) is 2. The maximum Gasteiger partial charge on any atom is 0.253 e. The quantitative estimate of drug-likeness (QED) is 0.554. The smallest absolute Gasteiger partial charge is 0.253 e. The summed E-state index contributed by atoms with van der Waals surface area (Å²) in [6.45, 7) is 3.92. The third-order valence-electron chi connectivity index (χ3n) is 6.14. The number of hydrogen-bond donors (Lipinski definition) is 1. The lowest BCUT2D eigenvalue weighted by Gasteiger charge is -2.31. The van der Waals surface area contributed by atoms with Gasteiger partial charge in [0.15, 0.2) is 0 Å². The van der Waals surface area contributed by atoms with Crippen molar-refractivity contribution in [1.82, 2.24) is 14.9 Å². The summed E-state index contributed by atoms with van der Waals surface area (Å²) in [5, 5.41) is 0. The molecular formula is C25H29N3O. The van der Waals surface area contributed by atoms with Crippen LogP contribution in [0.1, 0.15) is 66.2 Å². The first-order valence-corrected chi connectivity index (χ1v) is 10.6. The Kier molecular flexibility index (Phi) is 5.79. The van der Waals surface area contributed by atoms with Crippen molar-refractivity contribution < 1.29 is 4.79 Å². The molecule has 4 heteroatoms. The second-order valence-electron chi connectivity index (χ2n) is 8.05. The van der Waals surface area contributed by atoms with Crippen molar-refractivity contribution in [2.45, 2.75) is 50.5 Å². The van der Waals surface area contributed by atoms with Crippen LogP contribution in [0.3, 0.4) is 0 Å². The lowest BCUT2D eigenvalue weighted by molar-refractivity contribution is 0.0696. The molecule has 1 heterocycles. The second-order valence-corrected chi connectivity index (χ2v) is 8.05. The van der Waals surface area contributed by atoms with Gasteiger partial charge in [-0.15, -0.1) is 6.58 Å². The zero-order chi connectivity index (χ0) is 20.2. The Hall–Kier alpha value is -2.88. The molecule has 1 saturated carbocycles. The molecule has 0 spiro atoms. The van der Waals surface area contributed by atoms with E-state index >= 15 is 0 Å². The van der Waals surface area contributed by atoms with Crippen LogP contribution < -0.4 is 0 Å². The highest BCUT2D eigenvalue weighted by molar-refractivity contribution is 5.94. The zero-order valence-electron chi connectivity index (χ0n) is 17.1. The van der Waals surface area contributed by atoms with Crippen molar-refractivity contribution in [1.29, 1.82) is 0 Å². The van der Waals surface area contributed by atoms with E-state index < -0.39 is 0 Å². The molecule has 1 aliphatic carbocycles. The van der Waals surface area contributed by atoms with E-state index in [1.165, 1.54) is 19.3 Å². The number of aromatic nitrogens is 2. The summed E-state index contributed by atoms with van der Waals surface area (Å²) in [5.74, 6) is 1.15. The van der Waals surface area contributed by atoms with Crippen molar-refractivity contribution in [2.75, 3.05) is 7.05 Å². The summed E-state index contributed by atoms with van der Waals surface area (Å²) in [6, 6.07) is 16.5. The van der Waals surface area contributed by atoms with Gasteiger partial charge in [-0.05, 0) is 49.1 Å². The third-order valence-corrected chi connectivity index (χ3v) is 6.14. The predicted octanol–water partition coefficient (Wildman–Crippen LogP) is 5.68. The van der Waals surface area contributed by atoms with E-state index in [2.05, 4.69) is 23.7 Å². The molecule has 29 heavy (non-hydrogen) atoms. The number of imidazole rings is 1. The average Bonchev–Trinajstić information content (AvgIpc) is 3.21. The SMILES string of the molecule is C=CCC(c1ccc(C(=O)N(C)C2CCCCC2)cc1)c1nc2ccccc2[nH]1. The third kappa shape index (κ3) is 4.12. The molecule has 1 aromatic heterocycles. The van der Waals surface area contributed by atoms with Crippen LogP contribution >= 0.6 is 0 Å². The number of aromatic amines is 1. The molecule has 150 valence electrons. The Morgan fingerprint density at radius 1 is 1.17 bits per heavy atom. The van der Waals surface area contributed by atoms with Crippen molar-refractivity contribution >= 4 is 16.9 Å². The monoisotopic (exact) mass is 387 g/mol. The highest BCUT2D eigenvalue weighted by atomic mass is 16.2. The summed E-state index contributed by atoms with van der Waals surface area (Å²) < 4.78 is 0. The van der Waals surface area contributed by atoms with Crippen molar-refractivity contribution in [3.05, 3.63) is 78.1 Å². The van der Waals surface area contributed by atoms with E-state index in [0.29, 0.717) is 6.04 Å². The van der Waals surface area contributed by atoms with Gasteiger partial charge in [0.25, 0.3) is 5.91 Å². The first kappa shape index (κ1) is 19.4. The number of amides is 1. The van der Waals surface area contributed by atoms with Crippen LogP contribution in [0.2, 0.25) is 0 Å². The average molecular weight is 388 g/mol. The maximum atomic E-state index is 12.9. The number of nitrogens with one attached hydrogen (secondary N) is 1. The Balaban J connectivity index is 1.55. The Morgan fingerprint density at radius 3 is 2.59 bits per heavy atom. The van der Waals surface area contributed by atoms with Crippen LogP contribution in [-0.2, 0) is 0 Å². The molecule has 3 aromatic rings. The summed E-state index contributed by atoms with van der Waals surface area (Å²) in [4.78, 5) is 23.1. The molecule has 1 aliphatic rings. The normalized spacial score (nSPS) is 15.9. The molecule has 1 unspecified atom stereocenters. The van der Waals surface area contributed by atoms with Gasteiger partial charge < -0.3 is 9.88 Å². The molecule has 1 atom stereocenters. The standard InChI is InChI=1S/C25H29N3O/c1-3-9-21(24-26-22-12-7-8-13-23(22)27-24)18-14-16-19(17-15-18)25(29)28(2)20-10-5-4-6-11-20/h3,7-8,12-17,20-21H,1,4-6,9-11H2,2H3,(H,26,27). The van der Waals surface area contributed by atoms with E-state index in [0.717, 1.165) is 47.2 Å².